The summed E-state index contributed by atoms with van der Waals surface area (Å²) in [5.41, 5.74) is 1.36. The third-order valence-corrected chi connectivity index (χ3v) is 8.96. The number of carbonyl (C=O) groups excluding carboxylic acids is 1. The van der Waals surface area contributed by atoms with Crippen molar-refractivity contribution in [3.8, 4) is 5.75 Å². The molecular formula is C26H30N2O4S2. The van der Waals surface area contributed by atoms with Crippen molar-refractivity contribution in [1.82, 2.24) is 9.21 Å². The molecule has 0 saturated carbocycles. The van der Waals surface area contributed by atoms with Crippen LogP contribution in [0.1, 0.15) is 40.6 Å². The minimum absolute atomic E-state index is 0.0768. The van der Waals surface area contributed by atoms with E-state index in [0.717, 1.165) is 30.6 Å². The molecule has 0 radical (unpaired) electrons. The molecule has 1 saturated heterocycles. The van der Waals surface area contributed by atoms with Gasteiger partial charge in [-0.05, 0) is 67.1 Å². The van der Waals surface area contributed by atoms with Crippen LogP contribution in [-0.4, -0.2) is 49.8 Å². The smallest absolute Gasteiger partial charge is 0.254 e. The van der Waals surface area contributed by atoms with Crippen molar-refractivity contribution >= 4 is 27.3 Å². The molecule has 1 fully saturated rings. The molecule has 3 aromatic rings. The fraction of sp³-hybridized carbons (Fsp3) is 0.346. The van der Waals surface area contributed by atoms with Crippen LogP contribution in [0.2, 0.25) is 0 Å². The lowest BCUT2D eigenvalue weighted by Crippen LogP contribution is -2.39. The predicted molar refractivity (Wildman–Crippen MR) is 135 cm³/mol. The third kappa shape index (κ3) is 5.51. The normalized spacial score (nSPS) is 15.2. The SMILES string of the molecule is COc1ccc(CN(C(=O)c2cccc(S(=O)(=O)N3CCCC3)c2)[C@H](C)Cc2cccs2)cc1. The monoisotopic (exact) mass is 498 g/mol. The van der Waals surface area contributed by atoms with Crippen LogP contribution in [0.5, 0.6) is 5.75 Å². The Morgan fingerprint density at radius 3 is 2.47 bits per heavy atom. The molecule has 0 bridgehead atoms. The van der Waals surface area contributed by atoms with E-state index in [4.69, 9.17) is 4.74 Å². The number of benzene rings is 2. The Balaban J connectivity index is 1.62. The summed E-state index contributed by atoms with van der Waals surface area (Å²) >= 11 is 1.67. The van der Waals surface area contributed by atoms with E-state index >= 15 is 0 Å². The summed E-state index contributed by atoms with van der Waals surface area (Å²) in [4.78, 5) is 16.9. The number of carbonyl (C=O) groups is 1. The van der Waals surface area contributed by atoms with Crippen LogP contribution < -0.4 is 4.74 Å². The molecule has 1 atom stereocenters. The fourth-order valence-corrected chi connectivity index (χ4v) is 6.61. The van der Waals surface area contributed by atoms with Crippen LogP contribution >= 0.6 is 11.3 Å². The average molecular weight is 499 g/mol. The van der Waals surface area contributed by atoms with E-state index in [9.17, 15) is 13.2 Å². The van der Waals surface area contributed by atoms with Crippen LogP contribution in [0.15, 0.2) is 70.9 Å². The van der Waals surface area contributed by atoms with E-state index in [1.807, 2.05) is 47.5 Å². The first kappa shape index (κ1) is 24.4. The number of methoxy groups -OCH3 is 1. The van der Waals surface area contributed by atoms with Gasteiger partial charge in [0, 0.05) is 42.5 Å². The van der Waals surface area contributed by atoms with Crippen LogP contribution in [0, 0.1) is 0 Å². The van der Waals surface area contributed by atoms with Gasteiger partial charge in [-0.1, -0.05) is 24.3 Å². The summed E-state index contributed by atoms with van der Waals surface area (Å²) < 4.78 is 32.9. The Hall–Kier alpha value is -2.68. The molecule has 180 valence electrons. The number of nitrogens with zero attached hydrogens (tertiary/aromatic N) is 2. The first-order valence-corrected chi connectivity index (χ1v) is 13.8. The highest BCUT2D eigenvalue weighted by atomic mass is 32.2. The van der Waals surface area contributed by atoms with Gasteiger partial charge in [-0.3, -0.25) is 4.79 Å². The molecule has 1 aromatic heterocycles. The Labute approximate surface area is 205 Å². The minimum atomic E-state index is -3.60. The zero-order valence-electron chi connectivity index (χ0n) is 19.5. The van der Waals surface area contributed by atoms with Crippen LogP contribution in [0.4, 0.5) is 0 Å². The van der Waals surface area contributed by atoms with Crippen molar-refractivity contribution in [1.29, 1.82) is 0 Å². The molecule has 4 rings (SSSR count). The first-order chi connectivity index (χ1) is 16.4. The Morgan fingerprint density at radius 2 is 1.82 bits per heavy atom. The lowest BCUT2D eigenvalue weighted by atomic mass is 10.1. The van der Waals surface area contributed by atoms with E-state index in [0.29, 0.717) is 25.2 Å². The van der Waals surface area contributed by atoms with Gasteiger partial charge in [-0.15, -0.1) is 11.3 Å². The number of thiophene rings is 1. The van der Waals surface area contributed by atoms with Crippen molar-refractivity contribution in [3.05, 3.63) is 82.0 Å². The van der Waals surface area contributed by atoms with E-state index in [1.165, 1.54) is 15.2 Å². The van der Waals surface area contributed by atoms with E-state index in [-0.39, 0.29) is 16.8 Å². The summed E-state index contributed by atoms with van der Waals surface area (Å²) in [6.45, 7) is 3.51. The van der Waals surface area contributed by atoms with E-state index in [2.05, 4.69) is 6.07 Å². The molecular weight excluding hydrogens is 468 g/mol. The second kappa shape index (κ2) is 10.7. The lowest BCUT2D eigenvalue weighted by Gasteiger charge is -2.30. The summed E-state index contributed by atoms with van der Waals surface area (Å²) in [7, 11) is -1.98. The van der Waals surface area contributed by atoms with Crippen molar-refractivity contribution < 1.29 is 17.9 Å². The molecule has 1 aliphatic heterocycles. The second-order valence-corrected chi connectivity index (χ2v) is 11.5. The van der Waals surface area contributed by atoms with Crippen molar-refractivity contribution in [2.75, 3.05) is 20.2 Å². The number of hydrogen-bond donors (Lipinski definition) is 0. The fourth-order valence-electron chi connectivity index (χ4n) is 4.22. The molecule has 2 aromatic carbocycles. The number of hydrogen-bond acceptors (Lipinski definition) is 5. The van der Waals surface area contributed by atoms with Gasteiger partial charge in [-0.25, -0.2) is 8.42 Å². The Bertz CT molecular complexity index is 1200. The number of amides is 1. The minimum Gasteiger partial charge on any atom is -0.497 e. The van der Waals surface area contributed by atoms with Crippen LogP contribution in [-0.2, 0) is 23.0 Å². The van der Waals surface area contributed by atoms with Gasteiger partial charge in [0.2, 0.25) is 10.0 Å². The molecule has 0 spiro atoms. The molecule has 8 heteroatoms. The molecule has 0 aliphatic carbocycles. The van der Waals surface area contributed by atoms with Crippen molar-refractivity contribution in [2.24, 2.45) is 0 Å². The highest BCUT2D eigenvalue weighted by Gasteiger charge is 2.29. The maximum atomic E-state index is 13.7. The second-order valence-electron chi connectivity index (χ2n) is 8.55. The summed E-state index contributed by atoms with van der Waals surface area (Å²) in [6.07, 6.45) is 2.47. The van der Waals surface area contributed by atoms with Crippen LogP contribution in [0.3, 0.4) is 0 Å². The maximum Gasteiger partial charge on any atom is 0.254 e. The van der Waals surface area contributed by atoms with E-state index in [1.54, 1.807) is 36.6 Å². The summed E-state index contributed by atoms with van der Waals surface area (Å²) in [5, 5.41) is 2.03. The summed E-state index contributed by atoms with van der Waals surface area (Å²) in [5.74, 6) is 0.575. The highest BCUT2D eigenvalue weighted by Crippen LogP contribution is 2.24. The largest absolute Gasteiger partial charge is 0.497 e. The number of rotatable bonds is 9. The van der Waals surface area contributed by atoms with Gasteiger partial charge in [0.25, 0.3) is 5.91 Å². The number of ether oxygens (including phenoxy) is 1. The van der Waals surface area contributed by atoms with Gasteiger partial charge < -0.3 is 9.64 Å². The first-order valence-electron chi connectivity index (χ1n) is 11.4. The maximum absolute atomic E-state index is 13.7. The lowest BCUT2D eigenvalue weighted by molar-refractivity contribution is 0.0675. The number of sulfonamides is 1. The zero-order chi connectivity index (χ0) is 24.1. The summed E-state index contributed by atoms with van der Waals surface area (Å²) in [6, 6.07) is 18.1. The molecule has 34 heavy (non-hydrogen) atoms. The van der Waals surface area contributed by atoms with Gasteiger partial charge in [0.1, 0.15) is 5.75 Å². The molecule has 1 amide bonds. The third-order valence-electron chi connectivity index (χ3n) is 6.17. The van der Waals surface area contributed by atoms with Crippen molar-refractivity contribution in [2.45, 2.75) is 43.7 Å². The standard InChI is InChI=1S/C26H30N2O4S2/c1-20(17-24-8-6-16-33-24)28(19-21-10-12-23(32-2)13-11-21)26(29)22-7-5-9-25(18-22)34(30,31)27-14-3-4-15-27/h5-13,16,18,20H,3-4,14-15,17,19H2,1-2H3/t20-/m1/s1. The van der Waals surface area contributed by atoms with Gasteiger partial charge in [0.05, 0.1) is 12.0 Å². The molecule has 0 unspecified atom stereocenters. The predicted octanol–water partition coefficient (Wildman–Crippen LogP) is 4.81. The quantitative estimate of drug-likeness (QED) is 0.424. The van der Waals surface area contributed by atoms with Crippen LogP contribution in [0.25, 0.3) is 0 Å². The van der Waals surface area contributed by atoms with E-state index < -0.39 is 10.0 Å². The molecule has 1 aliphatic rings. The molecule has 0 N–H and O–H groups in total. The zero-order valence-corrected chi connectivity index (χ0v) is 21.1. The van der Waals surface area contributed by atoms with Gasteiger partial charge in [-0.2, -0.15) is 4.31 Å². The topological polar surface area (TPSA) is 66.9 Å². The highest BCUT2D eigenvalue weighted by molar-refractivity contribution is 7.89. The Morgan fingerprint density at radius 1 is 1.09 bits per heavy atom. The average Bonchev–Trinajstić information content (AvgIpc) is 3.57. The van der Waals surface area contributed by atoms with Gasteiger partial charge >= 0.3 is 0 Å². The molecule has 6 nitrogen and oxygen atoms in total. The Kier molecular flexibility index (Phi) is 7.70. The van der Waals surface area contributed by atoms with Crippen molar-refractivity contribution in [3.63, 3.8) is 0 Å². The molecule has 2 heterocycles. The van der Waals surface area contributed by atoms with Gasteiger partial charge in [0.15, 0.2) is 0 Å².